The predicted octanol–water partition coefficient (Wildman–Crippen LogP) is 4.28. The molecule has 3 rings (SSSR count). The highest BCUT2D eigenvalue weighted by Crippen LogP contribution is 2.33. The van der Waals surface area contributed by atoms with Crippen LogP contribution in [0.3, 0.4) is 0 Å². The molecule has 1 aromatic rings. The first-order valence-corrected chi connectivity index (χ1v) is 8.97. The van der Waals surface area contributed by atoms with Crippen LogP contribution in [0.5, 0.6) is 0 Å². The Kier molecular flexibility index (Phi) is 4.49. The van der Waals surface area contributed by atoms with Crippen molar-refractivity contribution in [3.05, 3.63) is 40.5 Å². The van der Waals surface area contributed by atoms with Crippen LogP contribution in [0.2, 0.25) is 0 Å². The summed E-state index contributed by atoms with van der Waals surface area (Å²) in [5.74, 6) is 0.405. The number of nitrogens with one attached hydrogen (secondary N) is 1. The molecule has 0 radical (unpaired) electrons. The van der Waals surface area contributed by atoms with E-state index in [1.54, 1.807) is 6.08 Å². The zero-order chi connectivity index (χ0) is 17.3. The van der Waals surface area contributed by atoms with Crippen LogP contribution in [-0.4, -0.2) is 11.3 Å². The molecule has 0 aromatic heterocycles. The third-order valence-corrected chi connectivity index (χ3v) is 5.26. The van der Waals surface area contributed by atoms with Crippen LogP contribution >= 0.6 is 0 Å². The monoisotopic (exact) mass is 322 g/mol. The highest BCUT2D eigenvalue weighted by molar-refractivity contribution is 5.98. The topological polar surface area (TPSA) is 52.9 Å². The van der Waals surface area contributed by atoms with Crippen LogP contribution < -0.4 is 5.32 Å². The summed E-state index contributed by atoms with van der Waals surface area (Å²) in [6.07, 6.45) is 8.28. The molecule has 1 N–H and O–H groups in total. The highest BCUT2D eigenvalue weighted by atomic mass is 16.1. The Morgan fingerprint density at radius 1 is 1.29 bits per heavy atom. The minimum atomic E-state index is -0.0910. The first kappa shape index (κ1) is 16.8. The summed E-state index contributed by atoms with van der Waals surface area (Å²) >= 11 is 0. The van der Waals surface area contributed by atoms with E-state index in [0.717, 1.165) is 48.9 Å². The number of aryl methyl sites for hydroxylation is 1. The smallest absolute Gasteiger partial charge is 0.160 e. The molecule has 1 aromatic carbocycles. The van der Waals surface area contributed by atoms with Gasteiger partial charge in [-0.05, 0) is 57.2 Å². The third kappa shape index (κ3) is 3.38. The van der Waals surface area contributed by atoms with Gasteiger partial charge >= 0.3 is 0 Å². The average Bonchev–Trinajstić information content (AvgIpc) is 2.54. The lowest BCUT2D eigenvalue weighted by Gasteiger charge is -2.36. The molecule has 3 heteroatoms. The maximum absolute atomic E-state index is 12.7. The number of rotatable bonds is 2. The Bertz CT molecular complexity index is 731. The van der Waals surface area contributed by atoms with Crippen LogP contribution in [0, 0.1) is 24.2 Å². The van der Waals surface area contributed by atoms with E-state index in [1.165, 1.54) is 12.0 Å². The summed E-state index contributed by atoms with van der Waals surface area (Å²) in [5, 5.41) is 12.9. The number of nitrogens with zero attached hydrogens (tertiary/aromatic N) is 1. The number of nitriles is 1. The molecule has 24 heavy (non-hydrogen) atoms. The second kappa shape index (κ2) is 6.43. The van der Waals surface area contributed by atoms with Gasteiger partial charge in [0.25, 0.3) is 0 Å². The lowest BCUT2D eigenvalue weighted by atomic mass is 9.82. The van der Waals surface area contributed by atoms with E-state index >= 15 is 0 Å². The molecule has 0 spiro atoms. The maximum Gasteiger partial charge on any atom is 0.160 e. The molecule has 0 atom stereocenters. The number of hydrogen-bond donors (Lipinski definition) is 1. The number of carbonyl (C=O) groups is 1. The van der Waals surface area contributed by atoms with Crippen molar-refractivity contribution in [1.82, 2.24) is 5.32 Å². The van der Waals surface area contributed by atoms with Gasteiger partial charge in [0.1, 0.15) is 0 Å². The zero-order valence-electron chi connectivity index (χ0n) is 14.9. The number of hydrogen-bond acceptors (Lipinski definition) is 3. The first-order chi connectivity index (χ1) is 11.4. The van der Waals surface area contributed by atoms with Gasteiger partial charge in [-0.3, -0.25) is 4.79 Å². The fourth-order valence-electron chi connectivity index (χ4n) is 4.00. The van der Waals surface area contributed by atoms with Crippen molar-refractivity contribution in [3.8, 4) is 6.07 Å². The number of carbonyl (C=O) groups excluding carboxylic acids is 1. The van der Waals surface area contributed by atoms with Gasteiger partial charge in [-0.2, -0.15) is 5.26 Å². The van der Waals surface area contributed by atoms with Gasteiger partial charge in [-0.1, -0.05) is 25.3 Å². The van der Waals surface area contributed by atoms with Crippen molar-refractivity contribution in [2.24, 2.45) is 5.92 Å². The molecule has 0 bridgehead atoms. The largest absolute Gasteiger partial charge is 0.379 e. The Morgan fingerprint density at radius 2 is 2.00 bits per heavy atom. The molecule has 0 saturated heterocycles. The van der Waals surface area contributed by atoms with E-state index < -0.39 is 0 Å². The third-order valence-electron chi connectivity index (χ3n) is 5.26. The standard InChI is InChI=1S/C21H26N2O/c1-14-9-16-12-21(2,3)23-19(18(16)10-17(14)13-22)11-20(24)15-7-5-4-6-8-15/h9-11,15,23H,4-8,12H2,1-3H3/b19-11-. The normalized spacial score (nSPS) is 21.7. The van der Waals surface area contributed by atoms with E-state index in [2.05, 4.69) is 31.3 Å². The molecule has 1 aliphatic carbocycles. The molecule has 0 unspecified atom stereocenters. The van der Waals surface area contributed by atoms with E-state index in [1.807, 2.05) is 13.0 Å². The lowest BCUT2D eigenvalue weighted by Crippen LogP contribution is -2.44. The number of allylic oxidation sites excluding steroid dienone is 1. The molecule has 2 aliphatic rings. The molecular weight excluding hydrogens is 296 g/mol. The van der Waals surface area contributed by atoms with Gasteiger partial charge in [0, 0.05) is 28.8 Å². The van der Waals surface area contributed by atoms with Crippen LogP contribution in [-0.2, 0) is 11.2 Å². The second-order valence-electron chi connectivity index (χ2n) is 7.92. The first-order valence-electron chi connectivity index (χ1n) is 8.97. The fourth-order valence-corrected chi connectivity index (χ4v) is 4.00. The van der Waals surface area contributed by atoms with Crippen molar-refractivity contribution >= 4 is 11.5 Å². The molecule has 1 saturated carbocycles. The van der Waals surface area contributed by atoms with Crippen molar-refractivity contribution in [2.45, 2.75) is 64.8 Å². The van der Waals surface area contributed by atoms with E-state index in [4.69, 9.17) is 0 Å². The zero-order valence-corrected chi connectivity index (χ0v) is 14.9. The Balaban J connectivity index is 2.00. The summed E-state index contributed by atoms with van der Waals surface area (Å²) in [7, 11) is 0. The second-order valence-corrected chi connectivity index (χ2v) is 7.92. The number of benzene rings is 1. The van der Waals surface area contributed by atoms with Crippen molar-refractivity contribution in [2.75, 3.05) is 0 Å². The Labute approximate surface area is 144 Å². The van der Waals surface area contributed by atoms with Gasteiger partial charge < -0.3 is 5.32 Å². The summed E-state index contributed by atoms with van der Waals surface area (Å²) in [6, 6.07) is 6.31. The fraction of sp³-hybridized carbons (Fsp3) is 0.524. The van der Waals surface area contributed by atoms with Gasteiger partial charge in [0.15, 0.2) is 5.78 Å². The molecule has 1 fully saturated rings. The predicted molar refractivity (Wildman–Crippen MR) is 96.4 cm³/mol. The summed E-state index contributed by atoms with van der Waals surface area (Å²) in [6.45, 7) is 6.29. The molecule has 126 valence electrons. The van der Waals surface area contributed by atoms with E-state index in [-0.39, 0.29) is 17.2 Å². The van der Waals surface area contributed by atoms with Crippen LogP contribution in [0.1, 0.15) is 68.2 Å². The molecule has 0 amide bonds. The van der Waals surface area contributed by atoms with Crippen molar-refractivity contribution in [1.29, 1.82) is 5.26 Å². The molecule has 3 nitrogen and oxygen atoms in total. The Hall–Kier alpha value is -2.08. The van der Waals surface area contributed by atoms with Crippen molar-refractivity contribution < 1.29 is 4.79 Å². The maximum atomic E-state index is 12.7. The number of ketones is 1. The summed E-state index contributed by atoms with van der Waals surface area (Å²) < 4.78 is 0. The lowest BCUT2D eigenvalue weighted by molar-refractivity contribution is -0.119. The van der Waals surface area contributed by atoms with Gasteiger partial charge in [-0.15, -0.1) is 0 Å². The SMILES string of the molecule is Cc1cc2c(cc1C#N)/C(=C/C(=O)C1CCCCC1)NC(C)(C)C2. The molecule has 1 aliphatic heterocycles. The van der Waals surface area contributed by atoms with Gasteiger partial charge in [0.05, 0.1) is 11.6 Å². The van der Waals surface area contributed by atoms with Crippen molar-refractivity contribution in [3.63, 3.8) is 0 Å². The van der Waals surface area contributed by atoms with Crippen LogP contribution in [0.15, 0.2) is 18.2 Å². The van der Waals surface area contributed by atoms with Crippen LogP contribution in [0.4, 0.5) is 0 Å². The summed E-state index contributed by atoms with van der Waals surface area (Å²) in [5.41, 5.74) is 4.72. The number of fused-ring (bicyclic) bond motifs is 1. The van der Waals surface area contributed by atoms with Gasteiger partial charge in [-0.25, -0.2) is 0 Å². The minimum absolute atomic E-state index is 0.0910. The molecular formula is C21H26N2O. The molecule has 1 heterocycles. The van der Waals surface area contributed by atoms with Gasteiger partial charge in [0.2, 0.25) is 0 Å². The summed E-state index contributed by atoms with van der Waals surface area (Å²) in [4.78, 5) is 12.7. The Morgan fingerprint density at radius 3 is 2.67 bits per heavy atom. The quantitative estimate of drug-likeness (QED) is 0.827. The van der Waals surface area contributed by atoms with E-state index in [9.17, 15) is 10.1 Å². The van der Waals surface area contributed by atoms with E-state index in [0.29, 0.717) is 5.56 Å². The van der Waals surface area contributed by atoms with Crippen LogP contribution in [0.25, 0.3) is 5.70 Å². The average molecular weight is 322 g/mol. The minimum Gasteiger partial charge on any atom is -0.379 e. The highest BCUT2D eigenvalue weighted by Gasteiger charge is 2.29.